The number of carbonyl (C=O) groups is 1. The number of methoxy groups -OCH3 is 1. The number of fused-ring (bicyclic) bond motifs is 1. The van der Waals surface area contributed by atoms with Crippen molar-refractivity contribution in [1.82, 2.24) is 0 Å². The third-order valence-electron chi connectivity index (χ3n) is 2.21. The highest BCUT2D eigenvalue weighted by Gasteiger charge is 2.17. The molecule has 1 aromatic rings. The number of ether oxygens (including phenoxy) is 1. The quantitative estimate of drug-likeness (QED) is 0.480. The number of esters is 1. The summed E-state index contributed by atoms with van der Waals surface area (Å²) in [6.07, 6.45) is 2.59. The number of carbonyl (C=O) groups excluding carboxylic acids is 1. The van der Waals surface area contributed by atoms with E-state index in [9.17, 15) is 4.79 Å². The van der Waals surface area contributed by atoms with Crippen molar-refractivity contribution in [1.29, 1.82) is 0 Å². The van der Waals surface area contributed by atoms with E-state index in [-0.39, 0.29) is 5.97 Å². The Bertz CT molecular complexity index is 377. The molecule has 0 saturated carbocycles. The smallest absolute Gasteiger partial charge is 0.334 e. The van der Waals surface area contributed by atoms with Gasteiger partial charge in [0.05, 0.1) is 7.11 Å². The first kappa shape index (κ1) is 8.05. The second-order valence-electron chi connectivity index (χ2n) is 3.04. The molecule has 0 radical (unpaired) electrons. The number of hydrogen-bond acceptors (Lipinski definition) is 2. The van der Waals surface area contributed by atoms with Gasteiger partial charge >= 0.3 is 5.97 Å². The van der Waals surface area contributed by atoms with Crippen LogP contribution in [0.1, 0.15) is 11.1 Å². The molecule has 0 bridgehead atoms. The van der Waals surface area contributed by atoms with Gasteiger partial charge in [-0.3, -0.25) is 0 Å². The van der Waals surface area contributed by atoms with Gasteiger partial charge in [0, 0.05) is 12.0 Å². The lowest BCUT2D eigenvalue weighted by Gasteiger charge is -1.97. The van der Waals surface area contributed by atoms with E-state index < -0.39 is 0 Å². The van der Waals surface area contributed by atoms with Gasteiger partial charge in [-0.05, 0) is 17.2 Å². The minimum atomic E-state index is -0.226. The van der Waals surface area contributed by atoms with Crippen molar-refractivity contribution in [3.8, 4) is 0 Å². The van der Waals surface area contributed by atoms with E-state index in [2.05, 4.69) is 4.74 Å². The molecule has 0 fully saturated rings. The molecule has 2 rings (SSSR count). The van der Waals surface area contributed by atoms with Crippen LogP contribution in [0.4, 0.5) is 0 Å². The Hall–Kier alpha value is -1.57. The van der Waals surface area contributed by atoms with Crippen molar-refractivity contribution in [3.63, 3.8) is 0 Å². The first-order chi connectivity index (χ1) is 6.31. The topological polar surface area (TPSA) is 26.3 Å². The fraction of sp³-hybridized carbons (Fsp3) is 0.182. The summed E-state index contributed by atoms with van der Waals surface area (Å²) in [6, 6.07) is 7.98. The molecule has 0 unspecified atom stereocenters. The van der Waals surface area contributed by atoms with E-state index in [1.807, 2.05) is 30.3 Å². The van der Waals surface area contributed by atoms with E-state index in [1.165, 1.54) is 12.7 Å². The fourth-order valence-corrected chi connectivity index (χ4v) is 1.54. The molecule has 0 amide bonds. The van der Waals surface area contributed by atoms with Crippen LogP contribution in [0.3, 0.4) is 0 Å². The second-order valence-corrected chi connectivity index (χ2v) is 3.04. The minimum Gasteiger partial charge on any atom is -0.466 e. The van der Waals surface area contributed by atoms with Gasteiger partial charge in [0.2, 0.25) is 0 Å². The van der Waals surface area contributed by atoms with Crippen molar-refractivity contribution in [3.05, 3.63) is 41.0 Å². The molecule has 66 valence electrons. The molecule has 1 aliphatic rings. The van der Waals surface area contributed by atoms with Crippen molar-refractivity contribution < 1.29 is 9.53 Å². The van der Waals surface area contributed by atoms with Gasteiger partial charge in [0.15, 0.2) is 0 Å². The van der Waals surface area contributed by atoms with Crippen LogP contribution in [-0.2, 0) is 16.0 Å². The van der Waals surface area contributed by atoms with E-state index in [4.69, 9.17) is 0 Å². The Kier molecular flexibility index (Phi) is 1.89. The van der Waals surface area contributed by atoms with Crippen LogP contribution in [0, 0.1) is 0 Å². The largest absolute Gasteiger partial charge is 0.466 e. The zero-order chi connectivity index (χ0) is 9.26. The number of benzene rings is 1. The van der Waals surface area contributed by atoms with Gasteiger partial charge < -0.3 is 4.74 Å². The minimum absolute atomic E-state index is 0.226. The van der Waals surface area contributed by atoms with Crippen LogP contribution in [0.15, 0.2) is 29.8 Å². The molecule has 0 saturated heterocycles. The molecule has 0 atom stereocenters. The maximum Gasteiger partial charge on any atom is 0.334 e. The number of rotatable bonds is 1. The van der Waals surface area contributed by atoms with Gasteiger partial charge in [-0.15, -0.1) is 0 Å². The maximum absolute atomic E-state index is 11.2. The number of hydrogen-bond donors (Lipinski definition) is 0. The Morgan fingerprint density at radius 3 is 2.85 bits per heavy atom. The van der Waals surface area contributed by atoms with Crippen molar-refractivity contribution in [2.45, 2.75) is 6.42 Å². The molecule has 0 heterocycles. The Morgan fingerprint density at radius 1 is 1.38 bits per heavy atom. The maximum atomic E-state index is 11.2. The molecule has 0 spiro atoms. The van der Waals surface area contributed by atoms with Gasteiger partial charge in [-0.2, -0.15) is 0 Å². The van der Waals surface area contributed by atoms with E-state index in [1.54, 1.807) is 0 Å². The summed E-state index contributed by atoms with van der Waals surface area (Å²) in [7, 11) is 1.41. The molecular weight excluding hydrogens is 165 g/mol. The molecule has 2 heteroatoms. The van der Waals surface area contributed by atoms with Crippen molar-refractivity contribution >= 4 is 12.0 Å². The summed E-state index contributed by atoms with van der Waals surface area (Å²) in [5.41, 5.74) is 3.06. The molecular formula is C11H10O2. The normalized spacial score (nSPS) is 13.5. The molecule has 0 N–H and O–H groups in total. The van der Waals surface area contributed by atoms with Gasteiger partial charge in [0.1, 0.15) is 0 Å². The van der Waals surface area contributed by atoms with E-state index >= 15 is 0 Å². The van der Waals surface area contributed by atoms with E-state index in [0.717, 1.165) is 11.1 Å². The third kappa shape index (κ3) is 1.35. The third-order valence-corrected chi connectivity index (χ3v) is 2.21. The Labute approximate surface area is 76.8 Å². The summed E-state index contributed by atoms with van der Waals surface area (Å²) in [5, 5.41) is 0. The van der Waals surface area contributed by atoms with Gasteiger partial charge in [-0.1, -0.05) is 24.3 Å². The summed E-state index contributed by atoms with van der Waals surface area (Å²) < 4.78 is 4.66. The lowest BCUT2D eigenvalue weighted by Crippen LogP contribution is -2.03. The lowest BCUT2D eigenvalue weighted by atomic mass is 10.1. The molecule has 0 aromatic heterocycles. The average molecular weight is 175 g/mol. The van der Waals surface area contributed by atoms with Crippen LogP contribution in [-0.4, -0.2) is 13.1 Å². The highest BCUT2D eigenvalue weighted by atomic mass is 16.6. The van der Waals surface area contributed by atoms with Crippen LogP contribution >= 0.6 is 0 Å². The summed E-state index contributed by atoms with van der Waals surface area (Å²) in [6.45, 7) is 0. The first-order valence-corrected chi connectivity index (χ1v) is 4.18. The van der Waals surface area contributed by atoms with E-state index in [0.29, 0.717) is 6.42 Å². The monoisotopic (exact) mass is 175 g/mol. The zero-order valence-electron chi connectivity index (χ0n) is 7.41. The Morgan fingerprint density at radius 2 is 2.15 bits per heavy atom. The fourth-order valence-electron chi connectivity index (χ4n) is 1.54. The molecule has 2 nitrogen and oxygen atoms in total. The second kappa shape index (κ2) is 3.05. The van der Waals surface area contributed by atoms with Crippen molar-refractivity contribution in [2.24, 2.45) is 0 Å². The molecule has 1 aliphatic carbocycles. The SMILES string of the molecule is CO[13C](=O)C1=Cc2ccccc2C1. The van der Waals surface area contributed by atoms with Crippen LogP contribution in [0.25, 0.3) is 6.08 Å². The lowest BCUT2D eigenvalue weighted by molar-refractivity contribution is -0.136. The standard InChI is InChI=1S/C11H10O2/c1-13-11(12)10-6-8-4-2-3-5-9(8)7-10/h2-6H,7H2,1H3/i11+1. The highest BCUT2D eigenvalue weighted by Crippen LogP contribution is 2.24. The zero-order valence-corrected chi connectivity index (χ0v) is 7.41. The Balaban J connectivity index is 2.31. The summed E-state index contributed by atoms with van der Waals surface area (Å²) in [4.78, 5) is 11.2. The van der Waals surface area contributed by atoms with Crippen molar-refractivity contribution in [2.75, 3.05) is 7.11 Å². The molecule has 0 aliphatic heterocycles. The summed E-state index contributed by atoms with van der Waals surface area (Å²) >= 11 is 0. The van der Waals surface area contributed by atoms with Crippen LogP contribution in [0.2, 0.25) is 0 Å². The molecule has 1 aromatic carbocycles. The van der Waals surface area contributed by atoms with Crippen LogP contribution in [0.5, 0.6) is 0 Å². The average Bonchev–Trinajstić information content (AvgIpc) is 2.59. The highest BCUT2D eigenvalue weighted by molar-refractivity contribution is 5.96. The van der Waals surface area contributed by atoms with Gasteiger partial charge in [-0.25, -0.2) is 4.79 Å². The first-order valence-electron chi connectivity index (χ1n) is 4.18. The predicted octanol–water partition coefficient (Wildman–Crippen LogP) is 1.80. The van der Waals surface area contributed by atoms with Gasteiger partial charge in [0.25, 0.3) is 0 Å². The van der Waals surface area contributed by atoms with Crippen LogP contribution < -0.4 is 0 Å². The predicted molar refractivity (Wildman–Crippen MR) is 50.1 cm³/mol. The molecule has 13 heavy (non-hydrogen) atoms. The summed E-state index contributed by atoms with van der Waals surface area (Å²) in [5.74, 6) is -0.226.